The van der Waals surface area contributed by atoms with Crippen molar-refractivity contribution in [1.29, 1.82) is 0 Å². The van der Waals surface area contributed by atoms with Gasteiger partial charge in [0.25, 0.3) is 0 Å². The summed E-state index contributed by atoms with van der Waals surface area (Å²) in [6.45, 7) is 4.90. The standard InChI is InChI=1S/C24H26N4O2/c1-18-8-9-23(15-26-18)30-22-7-4-5-19(13-22)16-28-12-10-20(17-28)24(29)27-14-21-6-2-3-11-25-21/h2-9,11,13,15,20H,10,12,14,16-17H2,1H3,(H,27,29). The number of carbonyl (C=O) groups is 1. The summed E-state index contributed by atoms with van der Waals surface area (Å²) in [7, 11) is 0. The van der Waals surface area contributed by atoms with Crippen molar-refractivity contribution in [3.05, 3.63) is 83.9 Å². The van der Waals surface area contributed by atoms with Gasteiger partial charge in [0, 0.05) is 25.0 Å². The minimum Gasteiger partial charge on any atom is -0.456 e. The third-order valence-electron chi connectivity index (χ3n) is 5.24. The van der Waals surface area contributed by atoms with E-state index in [4.69, 9.17) is 4.74 Å². The van der Waals surface area contributed by atoms with Gasteiger partial charge < -0.3 is 10.1 Å². The number of nitrogens with zero attached hydrogens (tertiary/aromatic N) is 3. The van der Waals surface area contributed by atoms with E-state index in [1.165, 1.54) is 5.56 Å². The third-order valence-corrected chi connectivity index (χ3v) is 5.24. The normalized spacial score (nSPS) is 16.4. The third kappa shape index (κ3) is 5.42. The molecule has 1 aromatic carbocycles. The smallest absolute Gasteiger partial charge is 0.224 e. The molecule has 1 atom stereocenters. The second kappa shape index (κ2) is 9.50. The first-order valence-corrected chi connectivity index (χ1v) is 10.2. The van der Waals surface area contributed by atoms with Crippen LogP contribution in [0, 0.1) is 12.8 Å². The number of hydrogen-bond donors (Lipinski definition) is 1. The molecular weight excluding hydrogens is 376 g/mol. The minimum atomic E-state index is 0.0202. The zero-order valence-corrected chi connectivity index (χ0v) is 17.1. The van der Waals surface area contributed by atoms with Crippen molar-refractivity contribution in [1.82, 2.24) is 20.2 Å². The molecule has 0 radical (unpaired) electrons. The summed E-state index contributed by atoms with van der Waals surface area (Å²) in [5.74, 6) is 1.64. The molecule has 30 heavy (non-hydrogen) atoms. The number of carbonyl (C=O) groups excluding carboxylic acids is 1. The van der Waals surface area contributed by atoms with Crippen LogP contribution in [0.1, 0.15) is 23.4 Å². The Morgan fingerprint density at radius 3 is 2.87 bits per heavy atom. The van der Waals surface area contributed by atoms with Crippen molar-refractivity contribution in [3.8, 4) is 11.5 Å². The number of rotatable bonds is 7. The summed E-state index contributed by atoms with van der Waals surface area (Å²) in [5.41, 5.74) is 3.01. The Labute approximate surface area is 176 Å². The van der Waals surface area contributed by atoms with Gasteiger partial charge in [-0.05, 0) is 61.9 Å². The number of hydrogen-bond acceptors (Lipinski definition) is 5. The fourth-order valence-corrected chi connectivity index (χ4v) is 3.63. The van der Waals surface area contributed by atoms with Gasteiger partial charge in [0.05, 0.1) is 24.4 Å². The molecule has 1 N–H and O–H groups in total. The van der Waals surface area contributed by atoms with Crippen LogP contribution >= 0.6 is 0 Å². The maximum absolute atomic E-state index is 12.5. The van der Waals surface area contributed by atoms with Crippen LogP contribution in [0.3, 0.4) is 0 Å². The van der Waals surface area contributed by atoms with Crippen LogP contribution in [-0.4, -0.2) is 33.9 Å². The van der Waals surface area contributed by atoms with Gasteiger partial charge >= 0.3 is 0 Å². The Kier molecular flexibility index (Phi) is 6.35. The molecule has 0 saturated carbocycles. The number of pyridine rings is 2. The Balaban J connectivity index is 1.28. The average Bonchev–Trinajstić information content (AvgIpc) is 3.23. The number of nitrogens with one attached hydrogen (secondary N) is 1. The number of amides is 1. The van der Waals surface area contributed by atoms with Crippen LogP contribution in [0.5, 0.6) is 11.5 Å². The lowest BCUT2D eigenvalue weighted by Crippen LogP contribution is -2.32. The lowest BCUT2D eigenvalue weighted by molar-refractivity contribution is -0.124. The van der Waals surface area contributed by atoms with Crippen molar-refractivity contribution in [2.24, 2.45) is 5.92 Å². The summed E-state index contributed by atoms with van der Waals surface area (Å²) >= 11 is 0. The van der Waals surface area contributed by atoms with Crippen LogP contribution < -0.4 is 10.1 Å². The zero-order chi connectivity index (χ0) is 20.8. The van der Waals surface area contributed by atoms with Crippen LogP contribution in [-0.2, 0) is 17.9 Å². The molecule has 1 aliphatic rings. The van der Waals surface area contributed by atoms with Gasteiger partial charge in [0.15, 0.2) is 0 Å². The summed E-state index contributed by atoms with van der Waals surface area (Å²) < 4.78 is 5.92. The van der Waals surface area contributed by atoms with Crippen molar-refractivity contribution in [2.45, 2.75) is 26.4 Å². The predicted molar refractivity (Wildman–Crippen MR) is 115 cm³/mol. The molecule has 6 nitrogen and oxygen atoms in total. The molecule has 1 aliphatic heterocycles. The fourth-order valence-electron chi connectivity index (χ4n) is 3.63. The van der Waals surface area contributed by atoms with E-state index >= 15 is 0 Å². The maximum Gasteiger partial charge on any atom is 0.224 e. The quantitative estimate of drug-likeness (QED) is 0.652. The molecule has 3 heterocycles. The average molecular weight is 402 g/mol. The summed E-state index contributed by atoms with van der Waals surface area (Å²) in [6, 6.07) is 17.7. The van der Waals surface area contributed by atoms with Gasteiger partial charge in [-0.15, -0.1) is 0 Å². The highest BCUT2D eigenvalue weighted by atomic mass is 16.5. The van der Waals surface area contributed by atoms with E-state index in [0.717, 1.165) is 48.9 Å². The highest BCUT2D eigenvalue weighted by molar-refractivity contribution is 5.79. The molecule has 154 valence electrons. The molecular formula is C24H26N4O2. The Morgan fingerprint density at radius 2 is 2.07 bits per heavy atom. The van der Waals surface area contributed by atoms with Gasteiger partial charge in [0.1, 0.15) is 11.5 Å². The molecule has 1 fully saturated rings. The van der Waals surface area contributed by atoms with E-state index in [1.54, 1.807) is 12.4 Å². The lowest BCUT2D eigenvalue weighted by atomic mass is 10.1. The first-order chi connectivity index (χ1) is 14.7. The van der Waals surface area contributed by atoms with E-state index in [9.17, 15) is 4.79 Å². The van der Waals surface area contributed by atoms with Gasteiger partial charge in [-0.2, -0.15) is 0 Å². The number of likely N-dealkylation sites (tertiary alicyclic amines) is 1. The Hall–Kier alpha value is -3.25. The summed E-state index contributed by atoms with van der Waals surface area (Å²) in [4.78, 5) is 23.3. The largest absolute Gasteiger partial charge is 0.456 e. The summed E-state index contributed by atoms with van der Waals surface area (Å²) in [5, 5.41) is 3.01. The topological polar surface area (TPSA) is 67.3 Å². The van der Waals surface area contributed by atoms with E-state index in [2.05, 4.69) is 26.3 Å². The molecule has 0 spiro atoms. The van der Waals surface area contributed by atoms with Gasteiger partial charge in [-0.25, -0.2) is 0 Å². The lowest BCUT2D eigenvalue weighted by Gasteiger charge is -2.17. The number of ether oxygens (including phenoxy) is 1. The van der Waals surface area contributed by atoms with Crippen LogP contribution in [0.2, 0.25) is 0 Å². The highest BCUT2D eigenvalue weighted by Gasteiger charge is 2.28. The number of aryl methyl sites for hydroxylation is 1. The van der Waals surface area contributed by atoms with E-state index in [0.29, 0.717) is 6.54 Å². The second-order valence-corrected chi connectivity index (χ2v) is 7.64. The van der Waals surface area contributed by atoms with Crippen molar-refractivity contribution in [3.63, 3.8) is 0 Å². The molecule has 4 rings (SSSR count). The van der Waals surface area contributed by atoms with Gasteiger partial charge in [0.2, 0.25) is 5.91 Å². The highest BCUT2D eigenvalue weighted by Crippen LogP contribution is 2.24. The fraction of sp³-hybridized carbons (Fsp3) is 0.292. The minimum absolute atomic E-state index is 0.0202. The monoisotopic (exact) mass is 402 g/mol. The van der Waals surface area contributed by atoms with Gasteiger partial charge in [-0.1, -0.05) is 18.2 Å². The van der Waals surface area contributed by atoms with E-state index in [-0.39, 0.29) is 11.8 Å². The van der Waals surface area contributed by atoms with Crippen LogP contribution in [0.4, 0.5) is 0 Å². The second-order valence-electron chi connectivity index (χ2n) is 7.64. The molecule has 1 amide bonds. The maximum atomic E-state index is 12.5. The SMILES string of the molecule is Cc1ccc(Oc2cccc(CN3CCC(C(=O)NCc4ccccn4)C3)c2)cn1. The van der Waals surface area contributed by atoms with E-state index < -0.39 is 0 Å². The number of benzene rings is 1. The Bertz CT molecular complexity index is 976. The first-order valence-electron chi connectivity index (χ1n) is 10.2. The van der Waals surface area contributed by atoms with Crippen molar-refractivity contribution < 1.29 is 9.53 Å². The van der Waals surface area contributed by atoms with Gasteiger partial charge in [-0.3, -0.25) is 19.7 Å². The molecule has 2 aromatic heterocycles. The molecule has 6 heteroatoms. The van der Waals surface area contributed by atoms with Crippen molar-refractivity contribution in [2.75, 3.05) is 13.1 Å². The molecule has 0 aliphatic carbocycles. The molecule has 1 saturated heterocycles. The molecule has 1 unspecified atom stereocenters. The van der Waals surface area contributed by atoms with Crippen molar-refractivity contribution >= 4 is 5.91 Å². The predicted octanol–water partition coefficient (Wildman–Crippen LogP) is 3.72. The molecule has 0 bridgehead atoms. The Morgan fingerprint density at radius 1 is 1.13 bits per heavy atom. The first kappa shape index (κ1) is 20.0. The van der Waals surface area contributed by atoms with Crippen LogP contribution in [0.25, 0.3) is 0 Å². The molecule has 3 aromatic rings. The van der Waals surface area contributed by atoms with Crippen LogP contribution in [0.15, 0.2) is 67.0 Å². The number of aromatic nitrogens is 2. The zero-order valence-electron chi connectivity index (χ0n) is 17.1. The van der Waals surface area contributed by atoms with E-state index in [1.807, 2.05) is 55.5 Å². The summed E-state index contributed by atoms with van der Waals surface area (Å²) in [6.07, 6.45) is 4.35.